The van der Waals surface area contributed by atoms with Crippen LogP contribution in [-0.2, 0) is 16.4 Å². The molecule has 0 radical (unpaired) electrons. The third-order valence-electron chi connectivity index (χ3n) is 3.30. The molecular formula is C14H24N2O2S. The van der Waals surface area contributed by atoms with Gasteiger partial charge in [-0.3, -0.25) is 0 Å². The summed E-state index contributed by atoms with van der Waals surface area (Å²) in [5.74, 6) is 0.167. The normalized spacial score (nSPS) is 14.0. The first-order valence-corrected chi connectivity index (χ1v) is 8.04. The fraction of sp³-hybridized carbons (Fsp3) is 0.571. The Bertz CT molecular complexity index is 469. The van der Waals surface area contributed by atoms with Gasteiger partial charge in [-0.25, -0.2) is 12.7 Å². The van der Waals surface area contributed by atoms with Gasteiger partial charge in [0.05, 0.1) is 5.75 Å². The van der Waals surface area contributed by atoms with Gasteiger partial charge in [0.25, 0.3) is 0 Å². The van der Waals surface area contributed by atoms with Gasteiger partial charge in [0, 0.05) is 20.1 Å². The first-order chi connectivity index (χ1) is 8.83. The molecule has 1 rings (SSSR count). The van der Waals surface area contributed by atoms with Crippen LogP contribution in [0.3, 0.4) is 0 Å². The second-order valence-electron chi connectivity index (χ2n) is 5.20. The molecule has 5 heteroatoms. The zero-order chi connectivity index (χ0) is 14.5. The molecule has 19 heavy (non-hydrogen) atoms. The average molecular weight is 284 g/mol. The molecule has 0 aromatic heterocycles. The molecule has 0 spiro atoms. The molecule has 1 aromatic rings. The van der Waals surface area contributed by atoms with Crippen molar-refractivity contribution in [2.45, 2.75) is 18.9 Å². The van der Waals surface area contributed by atoms with E-state index in [0.717, 1.165) is 12.8 Å². The van der Waals surface area contributed by atoms with Crippen molar-refractivity contribution in [3.05, 3.63) is 35.9 Å². The quantitative estimate of drug-likeness (QED) is 0.761. The molecule has 0 amide bonds. The first kappa shape index (κ1) is 16.1. The van der Waals surface area contributed by atoms with Crippen molar-refractivity contribution < 1.29 is 8.42 Å². The minimum absolute atomic E-state index is 0.0348. The molecule has 0 heterocycles. The maximum atomic E-state index is 12.0. The van der Waals surface area contributed by atoms with Crippen LogP contribution in [0.15, 0.2) is 30.3 Å². The van der Waals surface area contributed by atoms with Crippen LogP contribution in [0.4, 0.5) is 0 Å². The van der Waals surface area contributed by atoms with Crippen molar-refractivity contribution in [1.29, 1.82) is 0 Å². The molecule has 0 bridgehead atoms. The van der Waals surface area contributed by atoms with Crippen molar-refractivity contribution in [3.63, 3.8) is 0 Å². The lowest BCUT2D eigenvalue weighted by Crippen LogP contribution is -2.39. The van der Waals surface area contributed by atoms with Gasteiger partial charge in [-0.2, -0.15) is 0 Å². The molecular weight excluding hydrogens is 260 g/mol. The maximum absolute atomic E-state index is 12.0. The molecule has 0 aliphatic rings. The Balaban J connectivity index is 2.64. The van der Waals surface area contributed by atoms with E-state index in [9.17, 15) is 8.42 Å². The van der Waals surface area contributed by atoms with Crippen molar-refractivity contribution in [2.24, 2.45) is 0 Å². The van der Waals surface area contributed by atoms with Crippen LogP contribution >= 0.6 is 0 Å². The first-order valence-electron chi connectivity index (χ1n) is 6.43. The van der Waals surface area contributed by atoms with E-state index in [-0.39, 0.29) is 11.8 Å². The topological polar surface area (TPSA) is 40.6 Å². The highest BCUT2D eigenvalue weighted by Crippen LogP contribution is 2.11. The lowest BCUT2D eigenvalue weighted by Gasteiger charge is -2.25. The van der Waals surface area contributed by atoms with Crippen LogP contribution in [0, 0.1) is 0 Å². The summed E-state index contributed by atoms with van der Waals surface area (Å²) in [7, 11) is 3.87. The van der Waals surface area contributed by atoms with E-state index in [2.05, 4.69) is 12.1 Å². The number of hydrogen-bond acceptors (Lipinski definition) is 3. The number of rotatable bonds is 7. The fourth-order valence-electron chi connectivity index (χ4n) is 1.86. The Morgan fingerprint density at radius 3 is 2.11 bits per heavy atom. The molecule has 0 fully saturated rings. The summed E-state index contributed by atoms with van der Waals surface area (Å²) >= 11 is 0. The highest BCUT2D eigenvalue weighted by Gasteiger charge is 2.22. The van der Waals surface area contributed by atoms with E-state index in [1.54, 1.807) is 14.1 Å². The van der Waals surface area contributed by atoms with E-state index in [1.807, 2.05) is 37.2 Å². The summed E-state index contributed by atoms with van der Waals surface area (Å²) in [5, 5.41) is 0. The van der Waals surface area contributed by atoms with E-state index in [1.165, 1.54) is 9.87 Å². The summed E-state index contributed by atoms with van der Waals surface area (Å²) < 4.78 is 25.2. The summed E-state index contributed by atoms with van der Waals surface area (Å²) in [4.78, 5) is 1.99. The van der Waals surface area contributed by atoms with Crippen molar-refractivity contribution in [3.8, 4) is 0 Å². The number of hydrogen-bond donors (Lipinski definition) is 0. The number of sulfonamides is 1. The third kappa shape index (κ3) is 5.30. The summed E-state index contributed by atoms with van der Waals surface area (Å²) in [5.41, 5.74) is 1.25. The second-order valence-corrected chi connectivity index (χ2v) is 7.43. The predicted molar refractivity (Wildman–Crippen MR) is 79.7 cm³/mol. The molecule has 4 nitrogen and oxygen atoms in total. The lowest BCUT2D eigenvalue weighted by atomic mass is 10.1. The monoisotopic (exact) mass is 284 g/mol. The standard InChI is InChI=1S/C14H24N2O2S/c1-15(2)14(12-19(17,18)16(3)4)11-10-13-8-6-5-7-9-13/h5-9,14H,10-12H2,1-4H3. The van der Waals surface area contributed by atoms with E-state index in [0.29, 0.717) is 0 Å². The van der Waals surface area contributed by atoms with Crippen LogP contribution < -0.4 is 0 Å². The molecule has 0 saturated heterocycles. The second kappa shape index (κ2) is 7.03. The highest BCUT2D eigenvalue weighted by molar-refractivity contribution is 7.89. The largest absolute Gasteiger partial charge is 0.305 e. The van der Waals surface area contributed by atoms with Gasteiger partial charge in [-0.1, -0.05) is 30.3 Å². The van der Waals surface area contributed by atoms with Crippen LogP contribution in [0.1, 0.15) is 12.0 Å². The number of aryl methyl sites for hydroxylation is 1. The highest BCUT2D eigenvalue weighted by atomic mass is 32.2. The Labute approximate surface area is 117 Å². The fourth-order valence-corrected chi connectivity index (χ4v) is 3.11. The minimum Gasteiger partial charge on any atom is -0.305 e. The smallest absolute Gasteiger partial charge is 0.215 e. The maximum Gasteiger partial charge on any atom is 0.215 e. The molecule has 0 saturated carbocycles. The van der Waals surface area contributed by atoms with Crippen molar-refractivity contribution in [1.82, 2.24) is 9.21 Å². The van der Waals surface area contributed by atoms with E-state index in [4.69, 9.17) is 0 Å². The molecule has 1 aromatic carbocycles. The molecule has 0 N–H and O–H groups in total. The molecule has 1 atom stereocenters. The van der Waals surface area contributed by atoms with Crippen LogP contribution in [0.5, 0.6) is 0 Å². The number of benzene rings is 1. The summed E-state index contributed by atoms with van der Waals surface area (Å²) in [6.07, 6.45) is 1.73. The molecule has 0 aliphatic heterocycles. The van der Waals surface area contributed by atoms with Gasteiger partial charge in [0.2, 0.25) is 10.0 Å². The van der Waals surface area contributed by atoms with Gasteiger partial charge in [-0.15, -0.1) is 0 Å². The zero-order valence-corrected chi connectivity index (χ0v) is 13.0. The predicted octanol–water partition coefficient (Wildman–Crippen LogP) is 1.44. The average Bonchev–Trinajstić information content (AvgIpc) is 2.35. The summed E-state index contributed by atoms with van der Waals surface area (Å²) in [6, 6.07) is 10.2. The van der Waals surface area contributed by atoms with Gasteiger partial charge < -0.3 is 4.90 Å². The molecule has 0 aliphatic carbocycles. The van der Waals surface area contributed by atoms with Crippen LogP contribution in [0.2, 0.25) is 0 Å². The van der Waals surface area contributed by atoms with E-state index >= 15 is 0 Å². The molecule has 1 unspecified atom stereocenters. The Kier molecular flexibility index (Phi) is 5.97. The zero-order valence-electron chi connectivity index (χ0n) is 12.2. The van der Waals surface area contributed by atoms with Gasteiger partial charge >= 0.3 is 0 Å². The SMILES string of the molecule is CN(C)C(CCc1ccccc1)CS(=O)(=O)N(C)C. The van der Waals surface area contributed by atoms with Crippen molar-refractivity contribution >= 4 is 10.0 Å². The Hall–Kier alpha value is -0.910. The van der Waals surface area contributed by atoms with Crippen LogP contribution in [0.25, 0.3) is 0 Å². The van der Waals surface area contributed by atoms with Gasteiger partial charge in [0.15, 0.2) is 0 Å². The van der Waals surface area contributed by atoms with E-state index < -0.39 is 10.0 Å². The lowest BCUT2D eigenvalue weighted by molar-refractivity contribution is 0.298. The Morgan fingerprint density at radius 2 is 1.63 bits per heavy atom. The number of nitrogens with zero attached hydrogens (tertiary/aromatic N) is 2. The van der Waals surface area contributed by atoms with Crippen molar-refractivity contribution in [2.75, 3.05) is 33.9 Å². The van der Waals surface area contributed by atoms with Gasteiger partial charge in [-0.05, 0) is 32.5 Å². The Morgan fingerprint density at radius 1 is 1.05 bits per heavy atom. The molecule has 108 valence electrons. The van der Waals surface area contributed by atoms with Crippen LogP contribution in [-0.4, -0.2) is 57.6 Å². The summed E-state index contributed by atoms with van der Waals surface area (Å²) in [6.45, 7) is 0. The van der Waals surface area contributed by atoms with Gasteiger partial charge in [0.1, 0.15) is 0 Å². The minimum atomic E-state index is -3.16. The third-order valence-corrected chi connectivity index (χ3v) is 5.22.